The van der Waals surface area contributed by atoms with Crippen LogP contribution in [0.15, 0.2) is 0 Å². The van der Waals surface area contributed by atoms with Gasteiger partial charge in [-0.15, -0.1) is 0 Å². The second-order valence-electron chi connectivity index (χ2n) is 20.2. The van der Waals surface area contributed by atoms with Crippen molar-refractivity contribution in [2.45, 2.75) is 317 Å². The van der Waals surface area contributed by atoms with Gasteiger partial charge < -0.3 is 14.2 Å². The summed E-state index contributed by atoms with van der Waals surface area (Å²) in [5.41, 5.74) is 0. The molecule has 0 heterocycles. The van der Waals surface area contributed by atoms with Crippen molar-refractivity contribution in [3.63, 3.8) is 0 Å². The number of esters is 3. The van der Waals surface area contributed by atoms with E-state index in [-0.39, 0.29) is 31.1 Å². The molecule has 6 heteroatoms. The van der Waals surface area contributed by atoms with Crippen LogP contribution in [-0.4, -0.2) is 37.2 Å². The van der Waals surface area contributed by atoms with Crippen LogP contribution in [0.1, 0.15) is 311 Å². The van der Waals surface area contributed by atoms with Crippen molar-refractivity contribution in [1.82, 2.24) is 0 Å². The highest BCUT2D eigenvalue weighted by molar-refractivity contribution is 5.71. The van der Waals surface area contributed by atoms with Gasteiger partial charge in [-0.2, -0.15) is 0 Å². The van der Waals surface area contributed by atoms with Crippen LogP contribution in [0.3, 0.4) is 0 Å². The first kappa shape index (κ1) is 60.4. The van der Waals surface area contributed by atoms with Crippen LogP contribution in [0.5, 0.6) is 0 Å². The second kappa shape index (κ2) is 48.9. The van der Waals surface area contributed by atoms with Crippen LogP contribution < -0.4 is 0 Å². The Bertz CT molecular complexity index is 947. The minimum atomic E-state index is -0.762. The maximum atomic E-state index is 12.8. The molecule has 0 aromatic heterocycles. The molecule has 0 saturated heterocycles. The molecular formula is C56H108O6. The van der Waals surface area contributed by atoms with Crippen molar-refractivity contribution >= 4 is 17.9 Å². The molecule has 0 saturated carbocycles. The van der Waals surface area contributed by atoms with Crippen molar-refractivity contribution in [3.05, 3.63) is 0 Å². The molecule has 368 valence electrons. The van der Waals surface area contributed by atoms with E-state index in [1.807, 2.05) is 0 Å². The molecule has 0 spiro atoms. The normalized spacial score (nSPS) is 12.0. The summed E-state index contributed by atoms with van der Waals surface area (Å²) in [6.07, 6.45) is 50.9. The molecule has 0 radical (unpaired) electrons. The number of unbranched alkanes of at least 4 members (excludes halogenated alkanes) is 35. The van der Waals surface area contributed by atoms with Crippen LogP contribution in [-0.2, 0) is 28.6 Å². The van der Waals surface area contributed by atoms with Crippen LogP contribution in [0, 0.1) is 11.8 Å². The topological polar surface area (TPSA) is 78.9 Å². The lowest BCUT2D eigenvalue weighted by Crippen LogP contribution is -2.30. The minimum Gasteiger partial charge on any atom is -0.462 e. The average molecular weight is 877 g/mol. The zero-order valence-electron chi connectivity index (χ0n) is 42.5. The fraction of sp³-hybridized carbons (Fsp3) is 0.946. The molecule has 0 N–H and O–H groups in total. The lowest BCUT2D eigenvalue weighted by molar-refractivity contribution is -0.167. The first-order valence-electron chi connectivity index (χ1n) is 27.7. The standard InChI is InChI=1S/C56H108O6/c1-6-7-8-9-10-11-12-13-14-15-16-17-18-19-26-31-36-41-46-54(57)60-49-53(62-56(59)48-43-38-33-28-23-21-25-30-35-40-45-52(4)5)50-61-55(58)47-42-37-32-27-22-20-24-29-34-39-44-51(2)3/h51-53H,6-50H2,1-5H3/t53-/m0/s1. The summed E-state index contributed by atoms with van der Waals surface area (Å²) in [6, 6.07) is 0. The third-order valence-corrected chi connectivity index (χ3v) is 12.7. The SMILES string of the molecule is CCCCCCCCCCCCCCCCCCCCC(=O)OC[C@@H](COC(=O)CCCCCCCCCCCCC(C)C)OC(=O)CCCCCCCCCCCCC(C)C. The molecule has 0 aromatic carbocycles. The highest BCUT2D eigenvalue weighted by Crippen LogP contribution is 2.18. The van der Waals surface area contributed by atoms with Gasteiger partial charge in [-0.1, -0.05) is 272 Å². The maximum absolute atomic E-state index is 12.8. The van der Waals surface area contributed by atoms with Gasteiger partial charge in [0.05, 0.1) is 0 Å². The van der Waals surface area contributed by atoms with Crippen LogP contribution in [0.2, 0.25) is 0 Å². The molecule has 0 rings (SSSR count). The van der Waals surface area contributed by atoms with Gasteiger partial charge in [0.25, 0.3) is 0 Å². The zero-order chi connectivity index (χ0) is 45.4. The number of rotatable bonds is 50. The second-order valence-corrected chi connectivity index (χ2v) is 20.2. The quantitative estimate of drug-likeness (QED) is 0.0344. The summed E-state index contributed by atoms with van der Waals surface area (Å²) >= 11 is 0. The lowest BCUT2D eigenvalue weighted by atomic mass is 10.0. The molecule has 0 fully saturated rings. The van der Waals surface area contributed by atoms with E-state index >= 15 is 0 Å². The molecule has 0 amide bonds. The molecule has 0 aliphatic rings. The van der Waals surface area contributed by atoms with E-state index in [1.54, 1.807) is 0 Å². The van der Waals surface area contributed by atoms with E-state index in [0.29, 0.717) is 19.3 Å². The van der Waals surface area contributed by atoms with Crippen molar-refractivity contribution < 1.29 is 28.6 Å². The maximum Gasteiger partial charge on any atom is 0.306 e. The van der Waals surface area contributed by atoms with Crippen LogP contribution in [0.25, 0.3) is 0 Å². The summed E-state index contributed by atoms with van der Waals surface area (Å²) in [5, 5.41) is 0. The smallest absolute Gasteiger partial charge is 0.306 e. The predicted octanol–water partition coefficient (Wildman–Crippen LogP) is 18.1. The van der Waals surface area contributed by atoms with Gasteiger partial charge in [0.2, 0.25) is 0 Å². The van der Waals surface area contributed by atoms with Crippen molar-refractivity contribution in [2.75, 3.05) is 13.2 Å². The molecule has 0 unspecified atom stereocenters. The molecule has 62 heavy (non-hydrogen) atoms. The van der Waals surface area contributed by atoms with Gasteiger partial charge in [0, 0.05) is 19.3 Å². The van der Waals surface area contributed by atoms with E-state index in [1.165, 1.54) is 199 Å². The van der Waals surface area contributed by atoms with Gasteiger partial charge in [-0.25, -0.2) is 0 Å². The Morgan fingerprint density at radius 3 is 0.790 bits per heavy atom. The molecule has 0 aromatic rings. The Kier molecular flexibility index (Phi) is 47.6. The summed E-state index contributed by atoms with van der Waals surface area (Å²) in [4.78, 5) is 38.0. The summed E-state index contributed by atoms with van der Waals surface area (Å²) < 4.78 is 16.9. The Morgan fingerprint density at radius 1 is 0.306 bits per heavy atom. The number of carbonyl (C=O) groups excluding carboxylic acids is 3. The molecule has 0 aliphatic heterocycles. The van der Waals surface area contributed by atoms with Gasteiger partial charge in [0.15, 0.2) is 6.10 Å². The molecule has 0 aliphatic carbocycles. The Hall–Kier alpha value is -1.59. The van der Waals surface area contributed by atoms with Gasteiger partial charge >= 0.3 is 17.9 Å². The molecular weight excluding hydrogens is 769 g/mol. The Morgan fingerprint density at radius 2 is 0.532 bits per heavy atom. The van der Waals surface area contributed by atoms with E-state index in [0.717, 1.165) is 69.6 Å². The van der Waals surface area contributed by atoms with Gasteiger partial charge in [-0.3, -0.25) is 14.4 Å². The average Bonchev–Trinajstić information content (AvgIpc) is 3.24. The fourth-order valence-electron chi connectivity index (χ4n) is 8.52. The number of ether oxygens (including phenoxy) is 3. The molecule has 6 nitrogen and oxygen atoms in total. The number of hydrogen-bond donors (Lipinski definition) is 0. The van der Waals surface area contributed by atoms with Gasteiger partial charge in [0.1, 0.15) is 13.2 Å². The lowest BCUT2D eigenvalue weighted by Gasteiger charge is -2.18. The summed E-state index contributed by atoms with van der Waals surface area (Å²) in [7, 11) is 0. The third-order valence-electron chi connectivity index (χ3n) is 12.7. The van der Waals surface area contributed by atoms with E-state index in [2.05, 4.69) is 34.6 Å². The van der Waals surface area contributed by atoms with Crippen molar-refractivity contribution in [3.8, 4) is 0 Å². The largest absolute Gasteiger partial charge is 0.462 e. The Labute approximate surface area is 387 Å². The highest BCUT2D eigenvalue weighted by Gasteiger charge is 2.19. The first-order valence-corrected chi connectivity index (χ1v) is 27.7. The fourth-order valence-corrected chi connectivity index (χ4v) is 8.52. The summed E-state index contributed by atoms with van der Waals surface area (Å²) in [5.74, 6) is 0.790. The predicted molar refractivity (Wildman–Crippen MR) is 266 cm³/mol. The van der Waals surface area contributed by atoms with Crippen LogP contribution in [0.4, 0.5) is 0 Å². The zero-order valence-corrected chi connectivity index (χ0v) is 42.5. The summed E-state index contributed by atoms with van der Waals surface area (Å²) in [6.45, 7) is 11.4. The Balaban J connectivity index is 4.28. The van der Waals surface area contributed by atoms with Gasteiger partial charge in [-0.05, 0) is 31.1 Å². The molecule has 1 atom stereocenters. The monoisotopic (exact) mass is 877 g/mol. The third kappa shape index (κ3) is 49.4. The highest BCUT2D eigenvalue weighted by atomic mass is 16.6. The van der Waals surface area contributed by atoms with Crippen molar-refractivity contribution in [2.24, 2.45) is 11.8 Å². The minimum absolute atomic E-state index is 0.0634. The molecule has 0 bridgehead atoms. The number of hydrogen-bond acceptors (Lipinski definition) is 6. The van der Waals surface area contributed by atoms with Crippen LogP contribution >= 0.6 is 0 Å². The first-order chi connectivity index (χ1) is 30.2. The van der Waals surface area contributed by atoms with Crippen molar-refractivity contribution in [1.29, 1.82) is 0 Å². The van der Waals surface area contributed by atoms with E-state index < -0.39 is 6.10 Å². The van der Waals surface area contributed by atoms with E-state index in [4.69, 9.17) is 14.2 Å². The van der Waals surface area contributed by atoms with E-state index in [9.17, 15) is 14.4 Å². The number of carbonyl (C=O) groups is 3.